The number of hydrogen-bond acceptors (Lipinski definition) is 6. The molecule has 7 nitrogen and oxygen atoms in total. The van der Waals surface area contributed by atoms with Crippen molar-refractivity contribution in [3.63, 3.8) is 0 Å². The summed E-state index contributed by atoms with van der Waals surface area (Å²) in [7, 11) is 3.23. The van der Waals surface area contributed by atoms with Crippen LogP contribution in [-0.4, -0.2) is 30.1 Å². The molecule has 1 amide bonds. The third-order valence-electron chi connectivity index (χ3n) is 4.07. The number of aryl methyl sites for hydroxylation is 1. The van der Waals surface area contributed by atoms with Gasteiger partial charge in [0.1, 0.15) is 28.8 Å². The first-order valence-corrected chi connectivity index (χ1v) is 8.76. The molecule has 0 saturated carbocycles. The summed E-state index contributed by atoms with van der Waals surface area (Å²) in [4.78, 5) is 21.2. The summed E-state index contributed by atoms with van der Waals surface area (Å²) in [6, 6.07) is 16.4. The van der Waals surface area contributed by atoms with Gasteiger partial charge in [0, 0.05) is 23.9 Å². The average molecular weight is 378 g/mol. The van der Waals surface area contributed by atoms with E-state index in [9.17, 15) is 4.79 Å². The van der Waals surface area contributed by atoms with Crippen LogP contribution in [0.1, 0.15) is 21.9 Å². The van der Waals surface area contributed by atoms with E-state index in [1.54, 1.807) is 51.5 Å². The van der Waals surface area contributed by atoms with Gasteiger partial charge in [0.05, 0.1) is 14.2 Å². The van der Waals surface area contributed by atoms with Crippen molar-refractivity contribution < 1.29 is 14.3 Å². The van der Waals surface area contributed by atoms with Gasteiger partial charge in [0.15, 0.2) is 0 Å². The maximum absolute atomic E-state index is 12.6. The molecule has 0 aliphatic rings. The van der Waals surface area contributed by atoms with Gasteiger partial charge in [-0.25, -0.2) is 9.97 Å². The molecule has 0 fully saturated rings. The van der Waals surface area contributed by atoms with E-state index in [1.807, 2.05) is 24.3 Å². The van der Waals surface area contributed by atoms with Gasteiger partial charge in [-0.15, -0.1) is 0 Å². The van der Waals surface area contributed by atoms with E-state index in [2.05, 4.69) is 20.6 Å². The number of ether oxygens (including phenoxy) is 2. The Morgan fingerprint density at radius 3 is 2.46 bits per heavy atom. The number of hydrogen-bond donors (Lipinski definition) is 2. The zero-order valence-corrected chi connectivity index (χ0v) is 16.0. The molecule has 0 radical (unpaired) electrons. The van der Waals surface area contributed by atoms with Crippen LogP contribution >= 0.6 is 0 Å². The van der Waals surface area contributed by atoms with Crippen LogP contribution in [0.3, 0.4) is 0 Å². The average Bonchev–Trinajstić information content (AvgIpc) is 2.72. The van der Waals surface area contributed by atoms with Crippen LogP contribution in [0.2, 0.25) is 0 Å². The molecule has 3 rings (SSSR count). The van der Waals surface area contributed by atoms with Gasteiger partial charge in [-0.05, 0) is 37.3 Å². The molecule has 3 aromatic rings. The largest absolute Gasteiger partial charge is 0.497 e. The lowest BCUT2D eigenvalue weighted by Crippen LogP contribution is -2.16. The highest BCUT2D eigenvalue weighted by Gasteiger charge is 2.12. The number of aromatic nitrogens is 2. The number of para-hydroxylation sites is 1. The van der Waals surface area contributed by atoms with Gasteiger partial charge < -0.3 is 20.1 Å². The first-order valence-electron chi connectivity index (χ1n) is 8.76. The molecule has 0 saturated heterocycles. The Bertz CT molecular complexity index is 958. The number of anilines is 2. The van der Waals surface area contributed by atoms with Crippen molar-refractivity contribution in [2.24, 2.45) is 0 Å². The van der Waals surface area contributed by atoms with E-state index in [0.29, 0.717) is 23.9 Å². The van der Waals surface area contributed by atoms with Crippen LogP contribution in [0.4, 0.5) is 11.5 Å². The topological polar surface area (TPSA) is 85.4 Å². The van der Waals surface area contributed by atoms with Gasteiger partial charge in [0.2, 0.25) is 0 Å². The Labute approximate surface area is 163 Å². The summed E-state index contributed by atoms with van der Waals surface area (Å²) in [5.74, 6) is 2.27. The predicted octanol–water partition coefficient (Wildman–Crippen LogP) is 3.67. The van der Waals surface area contributed by atoms with E-state index in [4.69, 9.17) is 9.47 Å². The molecule has 0 spiro atoms. The highest BCUT2D eigenvalue weighted by atomic mass is 16.5. The Morgan fingerprint density at radius 2 is 1.75 bits per heavy atom. The Hall–Kier alpha value is -3.61. The first-order chi connectivity index (χ1) is 13.6. The summed E-state index contributed by atoms with van der Waals surface area (Å²) in [6.45, 7) is 2.26. The normalized spacial score (nSPS) is 10.2. The number of carbonyl (C=O) groups is 1. The monoisotopic (exact) mass is 378 g/mol. The molecule has 0 unspecified atom stereocenters. The van der Waals surface area contributed by atoms with E-state index in [-0.39, 0.29) is 11.6 Å². The molecule has 28 heavy (non-hydrogen) atoms. The van der Waals surface area contributed by atoms with Crippen LogP contribution in [0, 0.1) is 6.92 Å². The van der Waals surface area contributed by atoms with Crippen molar-refractivity contribution in [1.29, 1.82) is 0 Å². The number of benzene rings is 2. The number of nitrogens with zero attached hydrogens (tertiary/aromatic N) is 2. The SMILES string of the molecule is COc1ccc(NC(=O)c2cc(NCc3ccccc3OC)nc(C)n2)cc1. The summed E-state index contributed by atoms with van der Waals surface area (Å²) in [6.07, 6.45) is 0. The summed E-state index contributed by atoms with van der Waals surface area (Å²) >= 11 is 0. The number of amides is 1. The van der Waals surface area contributed by atoms with Crippen LogP contribution in [0.15, 0.2) is 54.6 Å². The predicted molar refractivity (Wildman–Crippen MR) is 108 cm³/mol. The molecule has 0 aliphatic carbocycles. The van der Waals surface area contributed by atoms with Gasteiger partial charge in [-0.1, -0.05) is 18.2 Å². The minimum Gasteiger partial charge on any atom is -0.497 e. The molecule has 0 bridgehead atoms. The summed E-state index contributed by atoms with van der Waals surface area (Å²) in [5.41, 5.74) is 1.93. The van der Waals surface area contributed by atoms with Crippen LogP contribution in [-0.2, 0) is 6.54 Å². The zero-order chi connectivity index (χ0) is 19.9. The Kier molecular flexibility index (Phi) is 6.06. The highest BCUT2D eigenvalue weighted by molar-refractivity contribution is 6.03. The number of carbonyl (C=O) groups excluding carboxylic acids is 1. The minimum atomic E-state index is -0.309. The highest BCUT2D eigenvalue weighted by Crippen LogP contribution is 2.19. The molecular formula is C21H22N4O3. The summed E-state index contributed by atoms with van der Waals surface area (Å²) in [5, 5.41) is 6.05. The van der Waals surface area contributed by atoms with E-state index >= 15 is 0 Å². The van der Waals surface area contributed by atoms with Crippen molar-refractivity contribution in [2.75, 3.05) is 24.9 Å². The molecule has 1 heterocycles. The van der Waals surface area contributed by atoms with Crippen LogP contribution in [0.25, 0.3) is 0 Å². The van der Waals surface area contributed by atoms with Gasteiger partial charge >= 0.3 is 0 Å². The van der Waals surface area contributed by atoms with Gasteiger partial charge in [-0.2, -0.15) is 0 Å². The van der Waals surface area contributed by atoms with Crippen molar-refractivity contribution in [3.8, 4) is 11.5 Å². The Morgan fingerprint density at radius 1 is 1.00 bits per heavy atom. The van der Waals surface area contributed by atoms with Crippen molar-refractivity contribution in [2.45, 2.75) is 13.5 Å². The van der Waals surface area contributed by atoms with Crippen LogP contribution < -0.4 is 20.1 Å². The molecule has 0 aliphatic heterocycles. The first kappa shape index (κ1) is 19.2. The second kappa shape index (κ2) is 8.85. The number of rotatable bonds is 7. The van der Waals surface area contributed by atoms with Crippen molar-refractivity contribution >= 4 is 17.4 Å². The minimum absolute atomic E-state index is 0.283. The quantitative estimate of drug-likeness (QED) is 0.653. The van der Waals surface area contributed by atoms with E-state index < -0.39 is 0 Å². The van der Waals surface area contributed by atoms with Crippen molar-refractivity contribution in [3.05, 3.63) is 71.7 Å². The number of nitrogens with one attached hydrogen (secondary N) is 2. The fourth-order valence-electron chi connectivity index (χ4n) is 2.68. The lowest BCUT2D eigenvalue weighted by molar-refractivity contribution is 0.102. The molecule has 1 aromatic heterocycles. The zero-order valence-electron chi connectivity index (χ0n) is 16.0. The lowest BCUT2D eigenvalue weighted by atomic mass is 10.2. The molecule has 144 valence electrons. The lowest BCUT2D eigenvalue weighted by Gasteiger charge is -2.11. The molecule has 2 aromatic carbocycles. The molecule has 0 atom stereocenters. The third kappa shape index (κ3) is 4.76. The van der Waals surface area contributed by atoms with Gasteiger partial charge in [-0.3, -0.25) is 4.79 Å². The number of methoxy groups -OCH3 is 2. The standard InChI is InChI=1S/C21H22N4O3/c1-14-23-18(21(26)25-16-8-10-17(27-2)11-9-16)12-20(24-14)22-13-15-6-4-5-7-19(15)28-3/h4-12H,13H2,1-3H3,(H,25,26)(H,22,23,24). The van der Waals surface area contributed by atoms with Crippen LogP contribution in [0.5, 0.6) is 11.5 Å². The van der Waals surface area contributed by atoms with E-state index in [0.717, 1.165) is 17.1 Å². The molecule has 7 heteroatoms. The second-order valence-electron chi connectivity index (χ2n) is 6.03. The maximum atomic E-state index is 12.6. The fourth-order valence-corrected chi connectivity index (χ4v) is 2.68. The smallest absolute Gasteiger partial charge is 0.274 e. The van der Waals surface area contributed by atoms with Gasteiger partial charge in [0.25, 0.3) is 5.91 Å². The van der Waals surface area contributed by atoms with Crippen molar-refractivity contribution in [1.82, 2.24) is 9.97 Å². The Balaban J connectivity index is 1.72. The molecular weight excluding hydrogens is 356 g/mol. The fraction of sp³-hybridized carbons (Fsp3) is 0.190. The summed E-state index contributed by atoms with van der Waals surface area (Å²) < 4.78 is 10.5. The molecule has 2 N–H and O–H groups in total. The third-order valence-corrected chi connectivity index (χ3v) is 4.07. The maximum Gasteiger partial charge on any atom is 0.274 e. The second-order valence-corrected chi connectivity index (χ2v) is 6.03. The van der Waals surface area contributed by atoms with E-state index in [1.165, 1.54) is 0 Å².